The minimum atomic E-state index is -0.376. The van der Waals surface area contributed by atoms with Gasteiger partial charge in [-0.25, -0.2) is 9.18 Å². The minimum absolute atomic E-state index is 0.170. The van der Waals surface area contributed by atoms with Gasteiger partial charge >= 0.3 is 5.97 Å². The molecule has 0 saturated carbocycles. The highest BCUT2D eigenvalue weighted by Crippen LogP contribution is 2.04. The molecular formula is C12H13FO2. The molecule has 0 aliphatic heterocycles. The van der Waals surface area contributed by atoms with E-state index < -0.39 is 0 Å². The Morgan fingerprint density at radius 3 is 2.47 bits per heavy atom. The van der Waals surface area contributed by atoms with Gasteiger partial charge in [-0.05, 0) is 31.5 Å². The molecule has 0 aromatic heterocycles. The molecule has 0 unspecified atom stereocenters. The third-order valence-electron chi connectivity index (χ3n) is 1.70. The van der Waals surface area contributed by atoms with E-state index in [9.17, 15) is 9.18 Å². The summed E-state index contributed by atoms with van der Waals surface area (Å²) in [5.74, 6) is -0.672. The molecule has 0 radical (unpaired) electrons. The van der Waals surface area contributed by atoms with Crippen LogP contribution in [0.15, 0.2) is 35.9 Å². The zero-order valence-electron chi connectivity index (χ0n) is 8.79. The number of allylic oxidation sites excluding steroid dienone is 1. The lowest BCUT2D eigenvalue weighted by molar-refractivity contribution is -0.139. The molecule has 1 rings (SSSR count). The third-order valence-corrected chi connectivity index (χ3v) is 1.70. The van der Waals surface area contributed by atoms with Crippen molar-refractivity contribution in [3.05, 3.63) is 47.3 Å². The average Bonchev–Trinajstić information content (AvgIpc) is 2.16. The molecule has 0 N–H and O–H groups in total. The van der Waals surface area contributed by atoms with Crippen LogP contribution in [0.25, 0.3) is 0 Å². The van der Waals surface area contributed by atoms with Crippen LogP contribution in [-0.2, 0) is 16.1 Å². The molecule has 0 saturated heterocycles. The van der Waals surface area contributed by atoms with Gasteiger partial charge in [0.05, 0.1) is 0 Å². The van der Waals surface area contributed by atoms with Crippen LogP contribution in [-0.4, -0.2) is 5.97 Å². The van der Waals surface area contributed by atoms with E-state index in [0.717, 1.165) is 11.1 Å². The van der Waals surface area contributed by atoms with Crippen molar-refractivity contribution >= 4 is 5.97 Å². The van der Waals surface area contributed by atoms with E-state index in [-0.39, 0.29) is 18.4 Å². The molecule has 0 atom stereocenters. The standard InChI is InChI=1S/C12H13FO2/c1-9(2)7-12(14)15-8-10-3-5-11(13)6-4-10/h3-7H,8H2,1-2H3. The van der Waals surface area contributed by atoms with Crippen LogP contribution in [0, 0.1) is 5.82 Å². The summed E-state index contributed by atoms with van der Waals surface area (Å²) in [4.78, 5) is 11.1. The summed E-state index contributed by atoms with van der Waals surface area (Å²) in [5, 5.41) is 0. The fourth-order valence-electron chi connectivity index (χ4n) is 1.01. The Morgan fingerprint density at radius 1 is 1.33 bits per heavy atom. The molecule has 1 aromatic carbocycles. The molecule has 0 aliphatic rings. The maximum absolute atomic E-state index is 12.5. The minimum Gasteiger partial charge on any atom is -0.458 e. The summed E-state index contributed by atoms with van der Waals surface area (Å²) in [6.45, 7) is 3.81. The number of halogens is 1. The number of rotatable bonds is 3. The van der Waals surface area contributed by atoms with Crippen LogP contribution in [0.4, 0.5) is 4.39 Å². The topological polar surface area (TPSA) is 26.3 Å². The van der Waals surface area contributed by atoms with Gasteiger partial charge in [0.1, 0.15) is 12.4 Å². The van der Waals surface area contributed by atoms with Crippen molar-refractivity contribution in [3.63, 3.8) is 0 Å². The number of esters is 1. The summed E-state index contributed by atoms with van der Waals surface area (Å²) in [5.41, 5.74) is 1.66. The molecule has 0 heterocycles. The van der Waals surface area contributed by atoms with Crippen molar-refractivity contribution in [2.24, 2.45) is 0 Å². The summed E-state index contributed by atoms with van der Waals surface area (Å²) in [7, 11) is 0. The average molecular weight is 208 g/mol. The van der Waals surface area contributed by atoms with Crippen molar-refractivity contribution in [2.75, 3.05) is 0 Å². The van der Waals surface area contributed by atoms with Gasteiger partial charge in [-0.1, -0.05) is 17.7 Å². The first kappa shape index (κ1) is 11.4. The lowest BCUT2D eigenvalue weighted by atomic mass is 10.2. The molecule has 15 heavy (non-hydrogen) atoms. The van der Waals surface area contributed by atoms with Gasteiger partial charge in [-0.3, -0.25) is 0 Å². The Hall–Kier alpha value is -1.64. The smallest absolute Gasteiger partial charge is 0.331 e. The third kappa shape index (κ3) is 4.40. The number of carbonyl (C=O) groups excluding carboxylic acids is 1. The highest BCUT2D eigenvalue weighted by atomic mass is 19.1. The molecular weight excluding hydrogens is 195 g/mol. The zero-order chi connectivity index (χ0) is 11.3. The Bertz CT molecular complexity index is 362. The molecule has 0 aliphatic carbocycles. The van der Waals surface area contributed by atoms with Crippen molar-refractivity contribution in [1.29, 1.82) is 0 Å². The van der Waals surface area contributed by atoms with E-state index in [4.69, 9.17) is 4.74 Å². The molecule has 80 valence electrons. The summed E-state index contributed by atoms with van der Waals surface area (Å²) < 4.78 is 17.5. The lowest BCUT2D eigenvalue weighted by Gasteiger charge is -2.02. The molecule has 0 spiro atoms. The van der Waals surface area contributed by atoms with E-state index in [1.165, 1.54) is 18.2 Å². The molecule has 0 amide bonds. The Morgan fingerprint density at radius 2 is 1.93 bits per heavy atom. The summed E-state index contributed by atoms with van der Waals surface area (Å²) in [6, 6.07) is 5.85. The molecule has 0 fully saturated rings. The SMILES string of the molecule is CC(C)=CC(=O)OCc1ccc(F)cc1. The van der Waals surface area contributed by atoms with Gasteiger partial charge in [0, 0.05) is 6.08 Å². The lowest BCUT2D eigenvalue weighted by Crippen LogP contribution is -2.01. The van der Waals surface area contributed by atoms with Crippen LogP contribution >= 0.6 is 0 Å². The Balaban J connectivity index is 2.47. The predicted octanol–water partition coefficient (Wildman–Crippen LogP) is 2.84. The van der Waals surface area contributed by atoms with E-state index in [2.05, 4.69) is 0 Å². The van der Waals surface area contributed by atoms with Gasteiger partial charge in [0.15, 0.2) is 0 Å². The number of carbonyl (C=O) groups is 1. The molecule has 1 aromatic rings. The van der Waals surface area contributed by atoms with Crippen molar-refractivity contribution in [2.45, 2.75) is 20.5 Å². The molecule has 3 heteroatoms. The summed E-state index contributed by atoms with van der Waals surface area (Å²) >= 11 is 0. The Labute approximate surface area is 88.4 Å². The first-order chi connectivity index (χ1) is 7.08. The van der Waals surface area contributed by atoms with Crippen molar-refractivity contribution in [3.8, 4) is 0 Å². The number of hydrogen-bond donors (Lipinski definition) is 0. The zero-order valence-corrected chi connectivity index (χ0v) is 8.79. The fraction of sp³-hybridized carbons (Fsp3) is 0.250. The van der Waals surface area contributed by atoms with Crippen LogP contribution < -0.4 is 0 Å². The van der Waals surface area contributed by atoms with Crippen LogP contribution in [0.3, 0.4) is 0 Å². The number of benzene rings is 1. The van der Waals surface area contributed by atoms with Crippen molar-refractivity contribution < 1.29 is 13.9 Å². The maximum atomic E-state index is 12.5. The van der Waals surface area contributed by atoms with E-state index >= 15 is 0 Å². The maximum Gasteiger partial charge on any atom is 0.331 e. The number of ether oxygens (including phenoxy) is 1. The molecule has 2 nitrogen and oxygen atoms in total. The van der Waals surface area contributed by atoms with Gasteiger partial charge in [-0.2, -0.15) is 0 Å². The monoisotopic (exact) mass is 208 g/mol. The number of hydrogen-bond acceptors (Lipinski definition) is 2. The van der Waals surface area contributed by atoms with Gasteiger partial charge in [-0.15, -0.1) is 0 Å². The normalized spacial score (nSPS) is 9.53. The highest BCUT2D eigenvalue weighted by Gasteiger charge is 1.99. The second kappa shape index (κ2) is 5.29. The second-order valence-electron chi connectivity index (χ2n) is 3.46. The van der Waals surface area contributed by atoms with Gasteiger partial charge < -0.3 is 4.74 Å². The quantitative estimate of drug-likeness (QED) is 0.564. The first-order valence-electron chi connectivity index (χ1n) is 4.64. The molecule has 0 bridgehead atoms. The second-order valence-corrected chi connectivity index (χ2v) is 3.46. The van der Waals surface area contributed by atoms with Crippen LogP contribution in [0.2, 0.25) is 0 Å². The predicted molar refractivity (Wildman–Crippen MR) is 55.6 cm³/mol. The first-order valence-corrected chi connectivity index (χ1v) is 4.64. The largest absolute Gasteiger partial charge is 0.458 e. The van der Waals surface area contributed by atoms with Gasteiger partial charge in [0.25, 0.3) is 0 Å². The van der Waals surface area contributed by atoms with E-state index in [1.54, 1.807) is 12.1 Å². The van der Waals surface area contributed by atoms with Crippen molar-refractivity contribution in [1.82, 2.24) is 0 Å². The Kier molecular flexibility index (Phi) is 4.03. The fourth-order valence-corrected chi connectivity index (χ4v) is 1.01. The highest BCUT2D eigenvalue weighted by molar-refractivity contribution is 5.82. The van der Waals surface area contributed by atoms with E-state index in [1.807, 2.05) is 13.8 Å². The van der Waals surface area contributed by atoms with Gasteiger partial charge in [0.2, 0.25) is 0 Å². The van der Waals surface area contributed by atoms with Crippen LogP contribution in [0.1, 0.15) is 19.4 Å². The van der Waals surface area contributed by atoms with Crippen LogP contribution in [0.5, 0.6) is 0 Å². The summed E-state index contributed by atoms with van der Waals surface area (Å²) in [6.07, 6.45) is 1.42. The van der Waals surface area contributed by atoms with E-state index in [0.29, 0.717) is 0 Å².